The van der Waals surface area contributed by atoms with Crippen molar-refractivity contribution in [2.45, 2.75) is 45.8 Å². The molecule has 2 heterocycles. The van der Waals surface area contributed by atoms with E-state index in [2.05, 4.69) is 14.9 Å². The summed E-state index contributed by atoms with van der Waals surface area (Å²) in [6.07, 6.45) is 5.50. The molecule has 0 N–H and O–H groups in total. The molecular formula is C21H28FN3O2. The maximum absolute atomic E-state index is 13.6. The molecule has 0 aliphatic carbocycles. The van der Waals surface area contributed by atoms with Gasteiger partial charge in [-0.3, -0.25) is 9.88 Å². The van der Waals surface area contributed by atoms with Crippen LogP contribution in [-0.4, -0.2) is 40.2 Å². The Hall–Kier alpha value is -2.21. The molecule has 1 aliphatic rings. The molecule has 2 aromatic rings. The van der Waals surface area contributed by atoms with Crippen LogP contribution >= 0.6 is 0 Å². The molecule has 6 heteroatoms. The Kier molecular flexibility index (Phi) is 6.26. The van der Waals surface area contributed by atoms with E-state index in [-0.39, 0.29) is 11.4 Å². The average Bonchev–Trinajstić information content (AvgIpc) is 2.61. The van der Waals surface area contributed by atoms with Gasteiger partial charge in [-0.2, -0.15) is 0 Å². The lowest BCUT2D eigenvalue weighted by atomic mass is 9.98. The molecule has 0 unspecified atom stereocenters. The van der Waals surface area contributed by atoms with Gasteiger partial charge in [-0.05, 0) is 64.8 Å². The third-order valence-corrected chi connectivity index (χ3v) is 4.48. The topological polar surface area (TPSA) is 47.5 Å². The van der Waals surface area contributed by atoms with Crippen molar-refractivity contribution in [3.63, 3.8) is 0 Å². The lowest BCUT2D eigenvalue weighted by molar-refractivity contribution is 0.120. The monoisotopic (exact) mass is 373 g/mol. The number of aromatic nitrogens is 2. The van der Waals surface area contributed by atoms with Gasteiger partial charge in [-0.1, -0.05) is 12.1 Å². The van der Waals surface area contributed by atoms with Crippen LogP contribution in [0.2, 0.25) is 0 Å². The van der Waals surface area contributed by atoms with Crippen molar-refractivity contribution >= 4 is 0 Å². The number of para-hydroxylation sites is 1. The Bertz CT molecular complexity index is 740. The molecule has 1 aromatic carbocycles. The van der Waals surface area contributed by atoms with Crippen LogP contribution in [0.3, 0.4) is 0 Å². The van der Waals surface area contributed by atoms with Crippen LogP contribution in [0.4, 0.5) is 4.39 Å². The number of piperidine rings is 1. The van der Waals surface area contributed by atoms with Crippen molar-refractivity contribution in [2.75, 3.05) is 19.7 Å². The van der Waals surface area contributed by atoms with Gasteiger partial charge in [-0.15, -0.1) is 0 Å². The minimum Gasteiger partial charge on any atom is -0.490 e. The van der Waals surface area contributed by atoms with Crippen LogP contribution in [0.25, 0.3) is 0 Å². The van der Waals surface area contributed by atoms with Crippen LogP contribution in [0.5, 0.6) is 11.6 Å². The lowest BCUT2D eigenvalue weighted by Crippen LogP contribution is -2.35. The van der Waals surface area contributed by atoms with Gasteiger partial charge in [0.15, 0.2) is 11.6 Å². The molecule has 5 nitrogen and oxygen atoms in total. The molecule has 1 aliphatic heterocycles. The third-order valence-electron chi connectivity index (χ3n) is 4.48. The van der Waals surface area contributed by atoms with Crippen LogP contribution < -0.4 is 9.47 Å². The highest BCUT2D eigenvalue weighted by molar-refractivity contribution is 5.23. The summed E-state index contributed by atoms with van der Waals surface area (Å²) in [5, 5.41) is 0. The summed E-state index contributed by atoms with van der Waals surface area (Å²) in [5.74, 6) is 1.05. The summed E-state index contributed by atoms with van der Waals surface area (Å²) >= 11 is 0. The summed E-state index contributed by atoms with van der Waals surface area (Å²) in [5.41, 5.74) is 0.627. The predicted molar refractivity (Wildman–Crippen MR) is 102 cm³/mol. The van der Waals surface area contributed by atoms with E-state index in [0.717, 1.165) is 38.2 Å². The largest absolute Gasteiger partial charge is 0.490 e. The summed E-state index contributed by atoms with van der Waals surface area (Å²) in [7, 11) is 0. The number of likely N-dealkylation sites (tertiary alicyclic amines) is 1. The molecule has 0 saturated carbocycles. The van der Waals surface area contributed by atoms with Gasteiger partial charge < -0.3 is 9.47 Å². The number of rotatable bonds is 6. The molecule has 1 fully saturated rings. The van der Waals surface area contributed by atoms with Crippen molar-refractivity contribution in [2.24, 2.45) is 5.92 Å². The molecular weight excluding hydrogens is 345 g/mol. The molecule has 0 bridgehead atoms. The Morgan fingerprint density at radius 1 is 1.15 bits per heavy atom. The molecule has 146 valence electrons. The van der Waals surface area contributed by atoms with E-state index in [9.17, 15) is 4.39 Å². The van der Waals surface area contributed by atoms with E-state index >= 15 is 0 Å². The smallest absolute Gasteiger partial charge is 0.233 e. The number of benzene rings is 1. The zero-order chi connectivity index (χ0) is 19.3. The van der Waals surface area contributed by atoms with Gasteiger partial charge in [0.05, 0.1) is 18.5 Å². The first-order valence-electron chi connectivity index (χ1n) is 9.49. The minimum atomic E-state index is -0.300. The molecule has 27 heavy (non-hydrogen) atoms. The second kappa shape index (κ2) is 8.65. The fourth-order valence-corrected chi connectivity index (χ4v) is 3.14. The number of ether oxygens (including phenoxy) is 2. The Morgan fingerprint density at radius 2 is 1.89 bits per heavy atom. The highest BCUT2D eigenvalue weighted by Crippen LogP contribution is 2.22. The zero-order valence-corrected chi connectivity index (χ0v) is 16.3. The van der Waals surface area contributed by atoms with E-state index in [4.69, 9.17) is 9.47 Å². The fraction of sp³-hybridized carbons (Fsp3) is 0.524. The van der Waals surface area contributed by atoms with Crippen LogP contribution in [0.1, 0.15) is 39.3 Å². The van der Waals surface area contributed by atoms with E-state index in [1.165, 1.54) is 6.07 Å². The maximum Gasteiger partial charge on any atom is 0.233 e. The first-order chi connectivity index (χ1) is 12.9. The van der Waals surface area contributed by atoms with E-state index in [1.54, 1.807) is 30.6 Å². The second-order valence-corrected chi connectivity index (χ2v) is 8.02. The average molecular weight is 373 g/mol. The number of halogens is 1. The Balaban J connectivity index is 1.46. The lowest BCUT2D eigenvalue weighted by Gasteiger charge is -2.31. The fourth-order valence-electron chi connectivity index (χ4n) is 3.14. The van der Waals surface area contributed by atoms with Gasteiger partial charge in [0.25, 0.3) is 0 Å². The van der Waals surface area contributed by atoms with Gasteiger partial charge >= 0.3 is 0 Å². The minimum absolute atomic E-state index is 0.288. The van der Waals surface area contributed by atoms with E-state index in [1.807, 2.05) is 20.8 Å². The molecule has 0 spiro atoms. The summed E-state index contributed by atoms with van der Waals surface area (Å²) in [4.78, 5) is 11.2. The zero-order valence-electron chi connectivity index (χ0n) is 16.3. The highest BCUT2D eigenvalue weighted by Gasteiger charge is 2.21. The molecule has 0 radical (unpaired) electrons. The Labute approximate surface area is 160 Å². The maximum atomic E-state index is 13.6. The van der Waals surface area contributed by atoms with Crippen LogP contribution in [0.15, 0.2) is 36.7 Å². The van der Waals surface area contributed by atoms with E-state index in [0.29, 0.717) is 24.2 Å². The SMILES string of the molecule is CC(C)(C)Oc1cncc(CN2CCC(COc3ccccc3F)CC2)n1. The number of hydrogen-bond donors (Lipinski definition) is 0. The molecule has 3 rings (SSSR count). The van der Waals surface area contributed by atoms with Gasteiger partial charge in [0, 0.05) is 12.7 Å². The molecule has 0 atom stereocenters. The van der Waals surface area contributed by atoms with E-state index < -0.39 is 0 Å². The molecule has 1 saturated heterocycles. The number of nitrogens with zero attached hydrogens (tertiary/aromatic N) is 3. The molecule has 1 aromatic heterocycles. The second-order valence-electron chi connectivity index (χ2n) is 8.02. The van der Waals surface area contributed by atoms with Gasteiger partial charge in [0.1, 0.15) is 5.60 Å². The summed E-state index contributed by atoms with van der Waals surface area (Å²) < 4.78 is 25.1. The predicted octanol–water partition coefficient (Wildman–Crippen LogP) is 4.08. The first kappa shape index (κ1) is 19.5. The van der Waals surface area contributed by atoms with Crippen LogP contribution in [0, 0.1) is 11.7 Å². The van der Waals surface area contributed by atoms with Gasteiger partial charge in [0.2, 0.25) is 5.88 Å². The molecule has 0 amide bonds. The normalized spacial score (nSPS) is 16.3. The number of hydrogen-bond acceptors (Lipinski definition) is 5. The quantitative estimate of drug-likeness (QED) is 0.763. The summed E-state index contributed by atoms with van der Waals surface area (Å²) in [6.45, 7) is 9.24. The third kappa shape index (κ3) is 6.17. The Morgan fingerprint density at radius 3 is 2.59 bits per heavy atom. The highest BCUT2D eigenvalue weighted by atomic mass is 19.1. The van der Waals surface area contributed by atoms with Crippen molar-refractivity contribution < 1.29 is 13.9 Å². The van der Waals surface area contributed by atoms with Crippen molar-refractivity contribution in [1.29, 1.82) is 0 Å². The van der Waals surface area contributed by atoms with Crippen LogP contribution in [-0.2, 0) is 6.54 Å². The first-order valence-corrected chi connectivity index (χ1v) is 9.49. The van der Waals surface area contributed by atoms with Crippen molar-refractivity contribution in [3.8, 4) is 11.6 Å². The standard InChI is InChI=1S/C21H28FN3O2/c1-21(2,3)27-20-13-23-12-17(24-20)14-25-10-8-16(9-11-25)15-26-19-7-5-4-6-18(19)22/h4-7,12-13,16H,8-11,14-15H2,1-3H3. The van der Waals surface area contributed by atoms with Crippen molar-refractivity contribution in [1.82, 2.24) is 14.9 Å². The van der Waals surface area contributed by atoms with Crippen molar-refractivity contribution in [3.05, 3.63) is 48.2 Å². The summed E-state index contributed by atoms with van der Waals surface area (Å²) in [6, 6.07) is 6.57. The van der Waals surface area contributed by atoms with Gasteiger partial charge in [-0.25, -0.2) is 9.37 Å².